The van der Waals surface area contributed by atoms with Crippen LogP contribution in [0, 0.1) is 25.2 Å². The number of hydrogen-bond acceptors (Lipinski definition) is 6. The van der Waals surface area contributed by atoms with Gasteiger partial charge in [-0.2, -0.15) is 20.1 Å². The summed E-state index contributed by atoms with van der Waals surface area (Å²) in [7, 11) is 0. The number of nitriles is 1. The average molecular weight is 387 g/mol. The summed E-state index contributed by atoms with van der Waals surface area (Å²) in [6.07, 6.45) is 1.40. The summed E-state index contributed by atoms with van der Waals surface area (Å²) < 4.78 is 1.06. The number of aromatic hydroxyl groups is 1. The Balaban J connectivity index is 1.98. The molecule has 2 aromatic carbocycles. The maximum atomic E-state index is 12.7. The Labute approximate surface area is 166 Å². The summed E-state index contributed by atoms with van der Waals surface area (Å²) in [6.45, 7) is 3.30. The molecule has 0 unspecified atom stereocenters. The molecule has 3 aromatic rings. The molecule has 0 aliphatic carbocycles. The Morgan fingerprint density at radius 2 is 1.90 bits per heavy atom. The molecule has 0 aliphatic rings. The topological polar surface area (TPSA) is 120 Å². The molecule has 0 saturated heterocycles. The van der Waals surface area contributed by atoms with Crippen LogP contribution in [0.15, 0.2) is 58.4 Å². The SMILES string of the molecule is Cc1ccccc1-n1nc(C(=O)N/N=C/c2ccc(O)cc2)c(C)c(C#N)c1=O. The normalized spacial score (nSPS) is 10.7. The first-order valence-electron chi connectivity index (χ1n) is 8.65. The van der Waals surface area contributed by atoms with Crippen LogP contribution in [0.1, 0.15) is 32.7 Å². The fourth-order valence-electron chi connectivity index (χ4n) is 2.70. The molecule has 1 amide bonds. The summed E-state index contributed by atoms with van der Waals surface area (Å²) in [5, 5.41) is 26.8. The summed E-state index contributed by atoms with van der Waals surface area (Å²) in [5.74, 6) is -0.537. The first-order valence-corrected chi connectivity index (χ1v) is 8.65. The number of aromatic nitrogens is 2. The lowest BCUT2D eigenvalue weighted by Crippen LogP contribution is -2.31. The summed E-state index contributed by atoms with van der Waals surface area (Å²) >= 11 is 0. The number of rotatable bonds is 4. The number of para-hydroxylation sites is 1. The highest BCUT2D eigenvalue weighted by Crippen LogP contribution is 2.14. The zero-order valence-electron chi connectivity index (χ0n) is 15.7. The fourth-order valence-corrected chi connectivity index (χ4v) is 2.70. The molecule has 0 saturated carbocycles. The predicted molar refractivity (Wildman–Crippen MR) is 107 cm³/mol. The van der Waals surface area contributed by atoms with Crippen molar-refractivity contribution in [3.05, 3.63) is 86.8 Å². The van der Waals surface area contributed by atoms with Gasteiger partial charge in [0.1, 0.15) is 17.4 Å². The van der Waals surface area contributed by atoms with Crippen molar-refractivity contribution in [1.29, 1.82) is 5.26 Å². The molecule has 0 atom stereocenters. The number of carbonyl (C=O) groups excluding carboxylic acids is 1. The van der Waals surface area contributed by atoms with E-state index in [2.05, 4.69) is 15.6 Å². The highest BCUT2D eigenvalue weighted by atomic mass is 16.3. The minimum atomic E-state index is -0.656. The van der Waals surface area contributed by atoms with Crippen LogP contribution in [0.2, 0.25) is 0 Å². The number of benzene rings is 2. The van der Waals surface area contributed by atoms with Gasteiger partial charge in [-0.1, -0.05) is 18.2 Å². The van der Waals surface area contributed by atoms with Crippen LogP contribution < -0.4 is 11.0 Å². The van der Waals surface area contributed by atoms with E-state index in [1.165, 1.54) is 25.3 Å². The monoisotopic (exact) mass is 387 g/mol. The Morgan fingerprint density at radius 1 is 1.21 bits per heavy atom. The van der Waals surface area contributed by atoms with E-state index in [0.29, 0.717) is 11.3 Å². The predicted octanol–water partition coefficient (Wildman–Crippen LogP) is 2.19. The smallest absolute Gasteiger partial charge is 0.292 e. The third-order valence-electron chi connectivity index (χ3n) is 4.28. The van der Waals surface area contributed by atoms with E-state index in [-0.39, 0.29) is 22.6 Å². The second-order valence-corrected chi connectivity index (χ2v) is 6.25. The minimum absolute atomic E-state index is 0.0766. The molecule has 1 heterocycles. The first kappa shape index (κ1) is 19.5. The van der Waals surface area contributed by atoms with Gasteiger partial charge in [-0.15, -0.1) is 0 Å². The van der Waals surface area contributed by atoms with Crippen LogP contribution >= 0.6 is 0 Å². The Morgan fingerprint density at radius 3 is 2.55 bits per heavy atom. The van der Waals surface area contributed by atoms with Gasteiger partial charge in [-0.05, 0) is 55.3 Å². The molecule has 8 heteroatoms. The van der Waals surface area contributed by atoms with Crippen LogP contribution in [0.4, 0.5) is 0 Å². The van der Waals surface area contributed by atoms with Crippen molar-refractivity contribution in [3.63, 3.8) is 0 Å². The maximum Gasteiger partial charge on any atom is 0.292 e. The highest BCUT2D eigenvalue weighted by molar-refractivity contribution is 5.94. The van der Waals surface area contributed by atoms with E-state index < -0.39 is 11.5 Å². The quantitative estimate of drug-likeness (QED) is 0.525. The van der Waals surface area contributed by atoms with E-state index in [1.54, 1.807) is 37.3 Å². The lowest BCUT2D eigenvalue weighted by atomic mass is 10.1. The van der Waals surface area contributed by atoms with Gasteiger partial charge in [0.25, 0.3) is 11.5 Å². The third-order valence-corrected chi connectivity index (χ3v) is 4.28. The van der Waals surface area contributed by atoms with E-state index >= 15 is 0 Å². The number of nitrogens with one attached hydrogen (secondary N) is 1. The van der Waals surface area contributed by atoms with Crippen molar-refractivity contribution in [3.8, 4) is 17.5 Å². The standard InChI is InChI=1S/C21H17N5O3/c1-13-5-3-4-6-18(13)26-21(29)17(11-22)14(2)19(25-26)20(28)24-23-12-15-7-9-16(27)10-8-15/h3-10,12,27H,1-2H3,(H,24,28)/b23-12+. The number of nitrogens with zero attached hydrogens (tertiary/aromatic N) is 4. The summed E-state index contributed by atoms with van der Waals surface area (Å²) in [5.41, 5.74) is 3.62. The van der Waals surface area contributed by atoms with E-state index in [1.807, 2.05) is 12.1 Å². The van der Waals surface area contributed by atoms with Crippen LogP contribution in [-0.2, 0) is 0 Å². The third kappa shape index (κ3) is 4.04. The lowest BCUT2D eigenvalue weighted by molar-refractivity contribution is 0.0947. The molecule has 2 N–H and O–H groups in total. The minimum Gasteiger partial charge on any atom is -0.508 e. The Kier molecular flexibility index (Phi) is 5.51. The number of phenolic OH excluding ortho intramolecular Hbond substituents is 1. The number of carbonyl (C=O) groups is 1. The molecule has 0 radical (unpaired) electrons. The van der Waals surface area contributed by atoms with Crippen molar-refractivity contribution in [1.82, 2.24) is 15.2 Å². The van der Waals surface area contributed by atoms with Crippen molar-refractivity contribution >= 4 is 12.1 Å². The molecule has 0 fully saturated rings. The van der Waals surface area contributed by atoms with Crippen molar-refractivity contribution in [2.75, 3.05) is 0 Å². The van der Waals surface area contributed by atoms with E-state index in [0.717, 1.165) is 10.2 Å². The summed E-state index contributed by atoms with van der Waals surface area (Å²) in [4.78, 5) is 25.3. The molecule has 144 valence electrons. The number of hydrogen-bond donors (Lipinski definition) is 2. The second kappa shape index (κ2) is 8.19. The second-order valence-electron chi connectivity index (χ2n) is 6.25. The van der Waals surface area contributed by atoms with Gasteiger partial charge in [0.15, 0.2) is 5.69 Å². The Hall–Kier alpha value is -4.25. The maximum absolute atomic E-state index is 12.7. The summed E-state index contributed by atoms with van der Waals surface area (Å²) in [6, 6.07) is 15.1. The largest absolute Gasteiger partial charge is 0.508 e. The Bertz CT molecular complexity index is 1200. The zero-order chi connectivity index (χ0) is 21.0. The highest BCUT2D eigenvalue weighted by Gasteiger charge is 2.20. The van der Waals surface area contributed by atoms with Gasteiger partial charge in [0.2, 0.25) is 0 Å². The molecule has 1 aromatic heterocycles. The molecule has 0 bridgehead atoms. The molecule has 0 aliphatic heterocycles. The van der Waals surface area contributed by atoms with Gasteiger partial charge in [-0.3, -0.25) is 9.59 Å². The molecular weight excluding hydrogens is 370 g/mol. The van der Waals surface area contributed by atoms with Crippen molar-refractivity contribution in [2.24, 2.45) is 5.10 Å². The van der Waals surface area contributed by atoms with Gasteiger partial charge in [0, 0.05) is 5.56 Å². The molecule has 3 rings (SSSR count). The van der Waals surface area contributed by atoms with Gasteiger partial charge in [-0.25, -0.2) is 5.43 Å². The van der Waals surface area contributed by atoms with Gasteiger partial charge >= 0.3 is 0 Å². The molecule has 29 heavy (non-hydrogen) atoms. The van der Waals surface area contributed by atoms with Crippen LogP contribution in [0.25, 0.3) is 5.69 Å². The number of aryl methyl sites for hydroxylation is 1. The van der Waals surface area contributed by atoms with Crippen LogP contribution in [0.5, 0.6) is 5.75 Å². The molecule has 0 spiro atoms. The van der Waals surface area contributed by atoms with Crippen LogP contribution in [0.3, 0.4) is 0 Å². The number of hydrazone groups is 1. The zero-order valence-corrected chi connectivity index (χ0v) is 15.7. The molecular formula is C21H17N5O3. The average Bonchev–Trinajstić information content (AvgIpc) is 2.71. The first-order chi connectivity index (χ1) is 13.9. The molecule has 8 nitrogen and oxygen atoms in total. The van der Waals surface area contributed by atoms with E-state index in [9.17, 15) is 20.0 Å². The number of amides is 1. The van der Waals surface area contributed by atoms with Gasteiger partial charge in [0.05, 0.1) is 11.9 Å². The lowest BCUT2D eigenvalue weighted by Gasteiger charge is -2.12. The van der Waals surface area contributed by atoms with Crippen LogP contribution in [-0.4, -0.2) is 27.0 Å². The van der Waals surface area contributed by atoms with Crippen molar-refractivity contribution in [2.45, 2.75) is 13.8 Å². The fraction of sp³-hybridized carbons (Fsp3) is 0.0952. The van der Waals surface area contributed by atoms with Gasteiger partial charge < -0.3 is 5.11 Å². The van der Waals surface area contributed by atoms with E-state index in [4.69, 9.17) is 0 Å². The van der Waals surface area contributed by atoms with Crippen molar-refractivity contribution < 1.29 is 9.90 Å². The number of phenols is 1.